The van der Waals surface area contributed by atoms with E-state index >= 15 is 0 Å². The molecule has 0 aliphatic rings. The predicted molar refractivity (Wildman–Crippen MR) is 230 cm³/mol. The summed E-state index contributed by atoms with van der Waals surface area (Å²) in [6.45, 7) is -1.49. The summed E-state index contributed by atoms with van der Waals surface area (Å²) in [7, 11) is 6.70. The van der Waals surface area contributed by atoms with Crippen molar-refractivity contribution < 1.29 is 21.7 Å². The first-order valence-corrected chi connectivity index (χ1v) is 18.0. The summed E-state index contributed by atoms with van der Waals surface area (Å²) in [6, 6.07) is 62.8. The standard InChI is InChI=1S/C30H30B2N2P2.C7H8.2C2H6N.Ti/c31-35(25-15-5-1-6-16-25,26-17-7-2-8-18-26)33-29-23-13-14-24-30(29)34-36(32,27-19-9-3-10-20-27)28-21-11-4-12-22-28;1-7-5-3-2-4-6-7;2*1-3-2;/h1-24H,31-32H3;2-6H,1H3;2*1-2H3;/q-2;;2*-1;+4. The van der Waals surface area contributed by atoms with Gasteiger partial charge in [-0.2, -0.15) is 28.2 Å². The van der Waals surface area contributed by atoms with Crippen LogP contribution in [0.25, 0.3) is 10.6 Å². The molecule has 0 spiro atoms. The minimum Gasteiger partial charge on any atom is -0.668 e. The molecule has 0 aliphatic heterocycles. The third-order valence-electron chi connectivity index (χ3n) is 6.24. The van der Waals surface area contributed by atoms with Crippen molar-refractivity contribution in [3.63, 3.8) is 0 Å². The SMILES string of the molecule is C[N-]C.C[N-]C.Cc1ccccc1.[BH3-]P(=Nc1ccccc1N=P([BH3-])(c1ccccc1)c1ccccc1)(c1ccccc1)c1ccccc1.[Ti+4]. The van der Waals surface area contributed by atoms with Crippen molar-refractivity contribution in [2.24, 2.45) is 9.49 Å². The molecule has 0 N–H and O–H groups in total. The molecule has 50 heavy (non-hydrogen) atoms. The van der Waals surface area contributed by atoms with Gasteiger partial charge >= 0.3 is 21.7 Å². The first kappa shape index (κ1) is 42.7. The summed E-state index contributed by atoms with van der Waals surface area (Å²) in [6.07, 6.45) is 0. The molecule has 0 atom stereocenters. The van der Waals surface area contributed by atoms with Gasteiger partial charge in [-0.3, -0.25) is 9.49 Å². The van der Waals surface area contributed by atoms with Crippen LogP contribution in [0.2, 0.25) is 0 Å². The van der Waals surface area contributed by atoms with Crippen molar-refractivity contribution in [1.29, 1.82) is 0 Å². The maximum Gasteiger partial charge on any atom is 4.00 e. The average molecular weight is 730 g/mol. The number of hydrogen-bond donors (Lipinski definition) is 0. The monoisotopic (exact) mass is 730 g/mol. The molecule has 0 saturated carbocycles. The van der Waals surface area contributed by atoms with Crippen molar-refractivity contribution >= 4 is 61.6 Å². The van der Waals surface area contributed by atoms with Crippen LogP contribution in [-0.2, 0) is 21.7 Å². The summed E-state index contributed by atoms with van der Waals surface area (Å²) in [4.78, 5) is 0. The van der Waals surface area contributed by atoms with Crippen LogP contribution in [0.4, 0.5) is 11.4 Å². The molecular weight excluding hydrogens is 680 g/mol. The molecule has 6 aromatic carbocycles. The van der Waals surface area contributed by atoms with Gasteiger partial charge in [-0.15, -0.1) is 13.9 Å². The van der Waals surface area contributed by atoms with Crippen molar-refractivity contribution in [3.8, 4) is 0 Å². The molecule has 0 unspecified atom stereocenters. The smallest absolute Gasteiger partial charge is 0.668 e. The van der Waals surface area contributed by atoms with E-state index in [2.05, 4.69) is 175 Å². The zero-order valence-electron chi connectivity index (χ0n) is 28.4. The van der Waals surface area contributed by atoms with Crippen molar-refractivity contribution in [3.05, 3.63) is 192 Å². The minimum absolute atomic E-state index is 0. The maximum absolute atomic E-state index is 5.68. The minimum atomic E-state index is -1.78. The van der Waals surface area contributed by atoms with Crippen LogP contribution in [0.3, 0.4) is 0 Å². The Balaban J connectivity index is 0.000000528. The van der Waals surface area contributed by atoms with E-state index in [1.165, 1.54) is 26.8 Å². The zero-order chi connectivity index (χ0) is 35.4. The Morgan fingerprint density at radius 3 is 0.780 bits per heavy atom. The van der Waals surface area contributed by atoms with Crippen molar-refractivity contribution in [2.45, 2.75) is 6.92 Å². The molecule has 0 aliphatic carbocycles. The van der Waals surface area contributed by atoms with E-state index in [-0.39, 0.29) is 36.8 Å². The van der Waals surface area contributed by atoms with Crippen LogP contribution < -0.4 is 21.2 Å². The van der Waals surface area contributed by atoms with Gasteiger partial charge in [0, 0.05) is 15.1 Å². The van der Waals surface area contributed by atoms with E-state index < -0.39 is 13.9 Å². The predicted octanol–water partition coefficient (Wildman–Crippen LogP) is 8.45. The van der Waals surface area contributed by atoms with E-state index in [1.807, 2.05) is 18.2 Å². The van der Waals surface area contributed by atoms with E-state index in [9.17, 15) is 0 Å². The molecule has 0 fully saturated rings. The number of rotatable bonds is 6. The fraction of sp³-hybridized carbons (Fsp3) is 0.122. The summed E-state index contributed by atoms with van der Waals surface area (Å²) in [5, 5.41) is 12.5. The Morgan fingerprint density at radius 1 is 0.380 bits per heavy atom. The number of benzene rings is 6. The summed E-state index contributed by atoms with van der Waals surface area (Å²) < 4.78 is 11.4. The summed E-state index contributed by atoms with van der Waals surface area (Å²) in [5.41, 5.74) is 3.41. The van der Waals surface area contributed by atoms with Gasteiger partial charge in [0.25, 0.3) is 0 Å². The Bertz CT molecular complexity index is 1690. The van der Waals surface area contributed by atoms with E-state index in [0.29, 0.717) is 0 Å². The van der Waals surface area contributed by atoms with Gasteiger partial charge < -0.3 is 10.6 Å². The molecule has 0 saturated heterocycles. The van der Waals surface area contributed by atoms with Gasteiger partial charge in [-0.25, -0.2) is 0 Å². The number of aryl methyl sites for hydroxylation is 1. The van der Waals surface area contributed by atoms with Gasteiger partial charge in [0.05, 0.1) is 11.4 Å². The number of hydrogen-bond acceptors (Lipinski definition) is 2. The molecule has 9 heteroatoms. The van der Waals surface area contributed by atoms with Gasteiger partial charge in [0.15, 0.2) is 0 Å². The maximum atomic E-state index is 5.68. The molecule has 4 nitrogen and oxygen atoms in total. The first-order valence-electron chi connectivity index (χ1n) is 15.4. The Kier molecular flexibility index (Phi) is 19.7. The van der Waals surface area contributed by atoms with Crippen LogP contribution in [0.15, 0.2) is 185 Å². The Hall–Kier alpha value is -3.46. The fourth-order valence-electron chi connectivity index (χ4n) is 4.19. The topological polar surface area (TPSA) is 52.9 Å². The number of nitrogens with zero attached hydrogens (tertiary/aromatic N) is 4. The Morgan fingerprint density at radius 2 is 0.580 bits per heavy atom. The van der Waals surface area contributed by atoms with Crippen molar-refractivity contribution in [1.82, 2.24) is 0 Å². The molecule has 254 valence electrons. The van der Waals surface area contributed by atoms with Gasteiger partial charge in [-0.05, 0) is 40.3 Å². The molecule has 0 radical (unpaired) electrons. The van der Waals surface area contributed by atoms with E-state index in [0.717, 1.165) is 11.4 Å². The van der Waals surface area contributed by atoms with E-state index in [4.69, 9.17) is 9.49 Å². The van der Waals surface area contributed by atoms with Crippen LogP contribution in [0.1, 0.15) is 5.56 Å². The third kappa shape index (κ3) is 12.7. The van der Waals surface area contributed by atoms with Gasteiger partial charge in [0.1, 0.15) is 0 Å². The van der Waals surface area contributed by atoms with Gasteiger partial charge in [-0.1, -0.05) is 169 Å². The molecule has 6 aromatic rings. The second-order valence-corrected chi connectivity index (χ2v) is 13.9. The van der Waals surface area contributed by atoms with Crippen molar-refractivity contribution in [2.75, 3.05) is 28.2 Å². The zero-order valence-corrected chi connectivity index (χ0v) is 31.8. The molecule has 0 aromatic heterocycles. The third-order valence-corrected chi connectivity index (χ3v) is 10.2. The van der Waals surface area contributed by atoms with Crippen LogP contribution >= 0.6 is 13.9 Å². The molecule has 0 amide bonds. The normalized spacial score (nSPS) is 10.3. The van der Waals surface area contributed by atoms with E-state index in [1.54, 1.807) is 28.2 Å². The van der Waals surface area contributed by atoms with Crippen LogP contribution in [0, 0.1) is 6.92 Å². The van der Waals surface area contributed by atoms with Gasteiger partial charge in [0.2, 0.25) is 0 Å². The largest absolute Gasteiger partial charge is 4.00 e. The first-order chi connectivity index (χ1) is 23.8. The second-order valence-electron chi connectivity index (χ2n) is 10.2. The molecule has 0 heterocycles. The molecule has 6 rings (SSSR count). The average Bonchev–Trinajstić information content (AvgIpc) is 3.15. The fourth-order valence-corrected chi connectivity index (χ4v) is 7.83. The second kappa shape index (κ2) is 23.1. The summed E-state index contributed by atoms with van der Waals surface area (Å²) in [5.74, 6) is 0. The van der Waals surface area contributed by atoms with Crippen LogP contribution in [0.5, 0.6) is 0 Å². The molecule has 0 bridgehead atoms. The Labute approximate surface area is 318 Å². The summed E-state index contributed by atoms with van der Waals surface area (Å²) >= 11 is 0. The molecular formula is C41H50B2N4P2Ti. The quantitative estimate of drug-likeness (QED) is 0.122. The van der Waals surface area contributed by atoms with Crippen LogP contribution in [-0.4, -0.2) is 43.3 Å².